The predicted molar refractivity (Wildman–Crippen MR) is 102 cm³/mol. The first kappa shape index (κ1) is 16.3. The lowest BCUT2D eigenvalue weighted by Gasteiger charge is -2.15. The van der Waals surface area contributed by atoms with Crippen molar-refractivity contribution in [2.45, 2.75) is 0 Å². The topological polar surface area (TPSA) is 46.9 Å². The lowest BCUT2D eigenvalue weighted by atomic mass is 10.2. The van der Waals surface area contributed by atoms with Crippen molar-refractivity contribution in [3.63, 3.8) is 0 Å². The summed E-state index contributed by atoms with van der Waals surface area (Å²) in [6.07, 6.45) is 0. The third-order valence-corrected chi connectivity index (χ3v) is 4.16. The number of nitrogens with zero attached hydrogens (tertiary/aromatic N) is 2. The second kappa shape index (κ2) is 6.61. The molecule has 0 bridgehead atoms. The minimum absolute atomic E-state index is 0.261. The molecule has 0 fully saturated rings. The molecule has 4 rings (SSSR count). The van der Waals surface area contributed by atoms with E-state index in [2.05, 4.69) is 10.3 Å². The van der Waals surface area contributed by atoms with Crippen LogP contribution in [0.5, 0.6) is 0 Å². The quantitative estimate of drug-likeness (QED) is 0.560. The lowest BCUT2D eigenvalue weighted by molar-refractivity contribution is 0.628. The summed E-state index contributed by atoms with van der Waals surface area (Å²) in [5.41, 5.74) is 1.38. The first-order chi connectivity index (χ1) is 12.6. The summed E-state index contributed by atoms with van der Waals surface area (Å²) >= 11 is 6.04. The number of anilines is 2. The van der Waals surface area contributed by atoms with Gasteiger partial charge in [0.05, 0.1) is 16.6 Å². The van der Waals surface area contributed by atoms with Gasteiger partial charge in [0.1, 0.15) is 5.82 Å². The van der Waals surface area contributed by atoms with Gasteiger partial charge in [-0.3, -0.25) is 4.79 Å². The monoisotopic (exact) mass is 365 g/mol. The molecule has 0 spiro atoms. The van der Waals surface area contributed by atoms with E-state index in [1.165, 1.54) is 16.7 Å². The van der Waals surface area contributed by atoms with Gasteiger partial charge in [0.2, 0.25) is 5.95 Å². The van der Waals surface area contributed by atoms with E-state index >= 15 is 0 Å². The highest BCUT2D eigenvalue weighted by atomic mass is 35.5. The summed E-state index contributed by atoms with van der Waals surface area (Å²) in [4.78, 5) is 17.7. The van der Waals surface area contributed by atoms with Crippen LogP contribution in [0.25, 0.3) is 16.6 Å². The molecule has 0 saturated heterocycles. The van der Waals surface area contributed by atoms with Crippen LogP contribution in [0.15, 0.2) is 77.6 Å². The molecule has 3 aromatic carbocycles. The molecule has 0 aliphatic rings. The van der Waals surface area contributed by atoms with Gasteiger partial charge >= 0.3 is 0 Å². The van der Waals surface area contributed by atoms with E-state index in [-0.39, 0.29) is 11.4 Å². The van der Waals surface area contributed by atoms with Crippen molar-refractivity contribution in [2.75, 3.05) is 5.32 Å². The van der Waals surface area contributed by atoms with E-state index in [0.717, 1.165) is 0 Å². The number of rotatable bonds is 3. The summed E-state index contributed by atoms with van der Waals surface area (Å²) in [7, 11) is 0. The van der Waals surface area contributed by atoms with Crippen LogP contribution in [0, 0.1) is 5.82 Å². The van der Waals surface area contributed by atoms with Crippen LogP contribution < -0.4 is 10.9 Å². The van der Waals surface area contributed by atoms with Crippen molar-refractivity contribution in [1.82, 2.24) is 9.55 Å². The molecule has 0 unspecified atom stereocenters. The van der Waals surface area contributed by atoms with Gasteiger partial charge in [-0.1, -0.05) is 35.9 Å². The van der Waals surface area contributed by atoms with Crippen LogP contribution in [0.3, 0.4) is 0 Å². The molecular weight excluding hydrogens is 353 g/mol. The van der Waals surface area contributed by atoms with E-state index in [0.29, 0.717) is 33.2 Å². The fraction of sp³-hybridized carbons (Fsp3) is 0. The lowest BCUT2D eigenvalue weighted by Crippen LogP contribution is -2.22. The zero-order chi connectivity index (χ0) is 18.1. The highest BCUT2D eigenvalue weighted by molar-refractivity contribution is 6.31. The summed E-state index contributed by atoms with van der Waals surface area (Å²) in [5, 5.41) is 3.91. The summed E-state index contributed by atoms with van der Waals surface area (Å²) in [5.74, 6) is -0.0854. The number of benzene rings is 3. The van der Waals surface area contributed by atoms with Crippen LogP contribution >= 0.6 is 11.6 Å². The molecule has 6 heteroatoms. The molecule has 1 aromatic heterocycles. The fourth-order valence-electron chi connectivity index (χ4n) is 2.75. The third kappa shape index (κ3) is 3.05. The molecule has 0 saturated carbocycles. The fourth-order valence-corrected chi connectivity index (χ4v) is 2.93. The molecular formula is C20H13ClFN3O. The van der Waals surface area contributed by atoms with Crippen LogP contribution in [-0.2, 0) is 0 Å². The van der Waals surface area contributed by atoms with E-state index < -0.39 is 0 Å². The van der Waals surface area contributed by atoms with Crippen molar-refractivity contribution in [2.24, 2.45) is 0 Å². The summed E-state index contributed by atoms with van der Waals surface area (Å²) < 4.78 is 15.0. The molecule has 128 valence electrons. The maximum atomic E-state index is 13.5. The molecule has 0 aliphatic heterocycles. The van der Waals surface area contributed by atoms with Gasteiger partial charge in [0.15, 0.2) is 0 Å². The van der Waals surface area contributed by atoms with Gasteiger partial charge in [-0.15, -0.1) is 0 Å². The number of nitrogens with one attached hydrogen (secondary N) is 1. The van der Waals surface area contributed by atoms with E-state index in [1.54, 1.807) is 42.5 Å². The molecule has 1 heterocycles. The number of halogens is 2. The number of hydrogen-bond donors (Lipinski definition) is 1. The number of fused-ring (bicyclic) bond motifs is 1. The standard InChI is InChI=1S/C20H13ClFN3O/c21-13-9-10-18-17(11-13)19(26)25(16-7-2-1-3-8-16)20(24-18)23-15-6-4-5-14(22)12-15/h1-12H,(H,23,24). The molecule has 4 aromatic rings. The smallest absolute Gasteiger partial charge is 0.267 e. The van der Waals surface area contributed by atoms with Gasteiger partial charge in [0, 0.05) is 10.7 Å². The van der Waals surface area contributed by atoms with Crippen molar-refractivity contribution >= 4 is 34.1 Å². The number of aromatic nitrogens is 2. The highest BCUT2D eigenvalue weighted by Crippen LogP contribution is 2.22. The molecule has 0 aliphatic carbocycles. The number of para-hydroxylation sites is 1. The normalized spacial score (nSPS) is 10.8. The minimum atomic E-state index is -0.379. The average molecular weight is 366 g/mol. The van der Waals surface area contributed by atoms with Gasteiger partial charge in [-0.05, 0) is 48.5 Å². The zero-order valence-electron chi connectivity index (χ0n) is 13.5. The van der Waals surface area contributed by atoms with Crippen molar-refractivity contribution in [1.29, 1.82) is 0 Å². The second-order valence-electron chi connectivity index (χ2n) is 5.71. The maximum absolute atomic E-state index is 13.5. The Morgan fingerprint density at radius 3 is 2.54 bits per heavy atom. The Balaban J connectivity index is 1.98. The Labute approximate surface area is 153 Å². The molecule has 0 radical (unpaired) electrons. The van der Waals surface area contributed by atoms with Crippen LogP contribution in [-0.4, -0.2) is 9.55 Å². The Hall–Kier alpha value is -3.18. The first-order valence-electron chi connectivity index (χ1n) is 7.92. The SMILES string of the molecule is O=c1c2cc(Cl)ccc2nc(Nc2cccc(F)c2)n1-c1ccccc1. The first-order valence-corrected chi connectivity index (χ1v) is 8.30. The van der Waals surface area contributed by atoms with E-state index in [4.69, 9.17) is 11.6 Å². The van der Waals surface area contributed by atoms with Crippen molar-refractivity contribution in [3.8, 4) is 5.69 Å². The van der Waals surface area contributed by atoms with Crippen LogP contribution in [0.4, 0.5) is 16.0 Å². The highest BCUT2D eigenvalue weighted by Gasteiger charge is 2.13. The molecule has 26 heavy (non-hydrogen) atoms. The Kier molecular flexibility index (Phi) is 4.14. The van der Waals surface area contributed by atoms with Gasteiger partial charge in [0.25, 0.3) is 5.56 Å². The van der Waals surface area contributed by atoms with E-state index in [1.807, 2.05) is 18.2 Å². The Morgan fingerprint density at radius 1 is 0.962 bits per heavy atom. The maximum Gasteiger partial charge on any atom is 0.267 e. The van der Waals surface area contributed by atoms with Gasteiger partial charge in [-0.2, -0.15) is 0 Å². The predicted octanol–water partition coefficient (Wildman–Crippen LogP) is 4.92. The summed E-state index contributed by atoms with van der Waals surface area (Å²) in [6, 6.07) is 20.1. The van der Waals surface area contributed by atoms with Gasteiger partial charge in [-0.25, -0.2) is 13.9 Å². The Morgan fingerprint density at radius 2 is 1.77 bits per heavy atom. The second-order valence-corrected chi connectivity index (χ2v) is 6.14. The largest absolute Gasteiger partial charge is 0.325 e. The summed E-state index contributed by atoms with van der Waals surface area (Å²) in [6.45, 7) is 0. The van der Waals surface area contributed by atoms with Crippen LogP contribution in [0.2, 0.25) is 5.02 Å². The van der Waals surface area contributed by atoms with Crippen molar-refractivity contribution in [3.05, 3.63) is 94.0 Å². The van der Waals surface area contributed by atoms with Gasteiger partial charge < -0.3 is 5.32 Å². The van der Waals surface area contributed by atoms with Crippen LogP contribution in [0.1, 0.15) is 0 Å². The molecule has 0 amide bonds. The molecule has 1 N–H and O–H groups in total. The number of hydrogen-bond acceptors (Lipinski definition) is 3. The molecule has 0 atom stereocenters. The third-order valence-electron chi connectivity index (χ3n) is 3.93. The Bertz CT molecular complexity index is 1160. The minimum Gasteiger partial charge on any atom is -0.325 e. The van der Waals surface area contributed by atoms with E-state index in [9.17, 15) is 9.18 Å². The van der Waals surface area contributed by atoms with Crippen molar-refractivity contribution < 1.29 is 4.39 Å². The average Bonchev–Trinajstić information content (AvgIpc) is 2.63. The molecule has 4 nitrogen and oxygen atoms in total. The zero-order valence-corrected chi connectivity index (χ0v) is 14.2.